The minimum Gasteiger partial charge on any atom is -0.338 e. The van der Waals surface area contributed by atoms with Gasteiger partial charge in [-0.15, -0.1) is 11.8 Å². The molecule has 2 aromatic rings. The van der Waals surface area contributed by atoms with Gasteiger partial charge in [-0.2, -0.15) is 0 Å². The average Bonchev–Trinajstić information content (AvgIpc) is 2.75. The van der Waals surface area contributed by atoms with Gasteiger partial charge < -0.3 is 21.3 Å². The second kappa shape index (κ2) is 9.55. The van der Waals surface area contributed by atoms with Crippen LogP contribution in [0.2, 0.25) is 0 Å². The third-order valence-corrected chi connectivity index (χ3v) is 5.47. The van der Waals surface area contributed by atoms with E-state index in [4.69, 9.17) is 5.73 Å². The summed E-state index contributed by atoms with van der Waals surface area (Å²) in [6, 6.07) is 17.0. The smallest absolute Gasteiger partial charge is 0.252 e. The van der Waals surface area contributed by atoms with Crippen molar-refractivity contribution in [2.45, 2.75) is 17.7 Å². The Morgan fingerprint density at radius 1 is 1.10 bits per heavy atom. The van der Waals surface area contributed by atoms with E-state index in [1.807, 2.05) is 30.3 Å². The maximum atomic E-state index is 12.4. The Balaban J connectivity index is 1.51. The molecular formula is C20H23N5O3S. The molecule has 9 heteroatoms. The molecule has 1 fully saturated rings. The molecule has 2 aromatic carbocycles. The monoisotopic (exact) mass is 413 g/mol. The molecule has 0 aromatic heterocycles. The second-order valence-electron chi connectivity index (χ2n) is 6.50. The third-order valence-electron chi connectivity index (χ3n) is 4.47. The molecule has 1 aliphatic rings. The third kappa shape index (κ3) is 5.35. The molecule has 0 aliphatic carbocycles. The van der Waals surface area contributed by atoms with Crippen molar-refractivity contribution in [3.05, 3.63) is 66.2 Å². The molecule has 1 aliphatic heterocycles. The Morgan fingerprint density at radius 2 is 1.72 bits per heavy atom. The van der Waals surface area contributed by atoms with E-state index in [-0.39, 0.29) is 17.6 Å². The SMILES string of the molecule is CN(C(=O)CSC1NC(=O)C(NC(=O)c2ccccc2)C(N)N1)c1ccccc1. The van der Waals surface area contributed by atoms with E-state index >= 15 is 0 Å². The quantitative estimate of drug-likeness (QED) is 0.547. The maximum Gasteiger partial charge on any atom is 0.252 e. The van der Waals surface area contributed by atoms with Crippen LogP contribution in [0.1, 0.15) is 10.4 Å². The first-order valence-corrected chi connectivity index (χ1v) is 10.1. The van der Waals surface area contributed by atoms with Gasteiger partial charge >= 0.3 is 0 Å². The highest BCUT2D eigenvalue weighted by molar-refractivity contribution is 8.00. The average molecular weight is 414 g/mol. The molecule has 29 heavy (non-hydrogen) atoms. The van der Waals surface area contributed by atoms with Gasteiger partial charge in [0.15, 0.2) is 0 Å². The molecule has 1 heterocycles. The van der Waals surface area contributed by atoms with Gasteiger partial charge in [-0.25, -0.2) is 0 Å². The highest BCUT2D eigenvalue weighted by Crippen LogP contribution is 2.16. The molecule has 3 rings (SSSR count). The molecule has 152 valence electrons. The number of para-hydroxylation sites is 1. The number of nitrogens with two attached hydrogens (primary N) is 1. The number of carbonyl (C=O) groups is 3. The van der Waals surface area contributed by atoms with Gasteiger partial charge in [-0.1, -0.05) is 36.4 Å². The van der Waals surface area contributed by atoms with Crippen LogP contribution in [0.5, 0.6) is 0 Å². The Kier molecular flexibility index (Phi) is 6.86. The van der Waals surface area contributed by atoms with E-state index in [9.17, 15) is 14.4 Å². The predicted molar refractivity (Wildman–Crippen MR) is 113 cm³/mol. The molecule has 1 saturated heterocycles. The van der Waals surface area contributed by atoms with E-state index in [1.165, 1.54) is 11.8 Å². The van der Waals surface area contributed by atoms with Crippen molar-refractivity contribution >= 4 is 35.2 Å². The second-order valence-corrected chi connectivity index (χ2v) is 7.59. The molecule has 0 saturated carbocycles. The van der Waals surface area contributed by atoms with Crippen LogP contribution in [0.25, 0.3) is 0 Å². The molecule has 0 spiro atoms. The molecule has 3 atom stereocenters. The van der Waals surface area contributed by atoms with Crippen molar-refractivity contribution in [3.8, 4) is 0 Å². The molecule has 0 radical (unpaired) electrons. The van der Waals surface area contributed by atoms with Gasteiger partial charge in [0.05, 0.1) is 11.9 Å². The molecule has 8 nitrogen and oxygen atoms in total. The lowest BCUT2D eigenvalue weighted by atomic mass is 10.1. The predicted octanol–water partition coefficient (Wildman–Crippen LogP) is 0.469. The highest BCUT2D eigenvalue weighted by atomic mass is 32.2. The van der Waals surface area contributed by atoms with Crippen molar-refractivity contribution in [1.29, 1.82) is 0 Å². The summed E-state index contributed by atoms with van der Waals surface area (Å²) in [4.78, 5) is 38.7. The summed E-state index contributed by atoms with van der Waals surface area (Å²) in [7, 11) is 1.70. The standard InChI is InChI=1S/C20H23N5O3S/c1-25(14-10-6-3-7-11-14)15(26)12-29-20-23-17(21)16(19(28)24-20)22-18(27)13-8-4-2-5-9-13/h2-11,16-17,20,23H,12,21H2,1H3,(H,22,27)(H,24,28). The van der Waals surface area contributed by atoms with Crippen LogP contribution in [0.15, 0.2) is 60.7 Å². The molecular weight excluding hydrogens is 390 g/mol. The first-order chi connectivity index (χ1) is 14.0. The minimum absolute atomic E-state index is 0.106. The maximum absolute atomic E-state index is 12.4. The number of nitrogens with zero attached hydrogens (tertiary/aromatic N) is 1. The first-order valence-electron chi connectivity index (χ1n) is 9.07. The van der Waals surface area contributed by atoms with Crippen LogP contribution >= 0.6 is 11.8 Å². The summed E-state index contributed by atoms with van der Waals surface area (Å²) in [5, 5.41) is 8.38. The van der Waals surface area contributed by atoms with Crippen LogP contribution < -0.4 is 26.6 Å². The topological polar surface area (TPSA) is 117 Å². The van der Waals surface area contributed by atoms with Crippen molar-refractivity contribution in [1.82, 2.24) is 16.0 Å². The number of hydrogen-bond donors (Lipinski definition) is 4. The fraction of sp³-hybridized carbons (Fsp3) is 0.250. The summed E-state index contributed by atoms with van der Waals surface area (Å²) in [5.74, 6) is -0.738. The van der Waals surface area contributed by atoms with Crippen LogP contribution in [-0.2, 0) is 9.59 Å². The largest absolute Gasteiger partial charge is 0.338 e. The summed E-state index contributed by atoms with van der Waals surface area (Å²) in [6.07, 6.45) is -0.782. The van der Waals surface area contributed by atoms with Crippen LogP contribution in [0.4, 0.5) is 5.69 Å². The number of benzene rings is 2. The van der Waals surface area contributed by atoms with Gasteiger partial charge in [0.2, 0.25) is 11.8 Å². The van der Waals surface area contributed by atoms with Crippen molar-refractivity contribution in [2.75, 3.05) is 17.7 Å². The Morgan fingerprint density at radius 3 is 2.34 bits per heavy atom. The summed E-state index contributed by atoms with van der Waals surface area (Å²) in [5.41, 5.74) is 6.75. The van der Waals surface area contributed by atoms with Gasteiger partial charge in [-0.05, 0) is 24.3 Å². The molecule has 3 amide bonds. The number of amides is 3. The number of carbonyl (C=O) groups excluding carboxylic acids is 3. The zero-order chi connectivity index (χ0) is 20.8. The van der Waals surface area contributed by atoms with Crippen molar-refractivity contribution in [3.63, 3.8) is 0 Å². The fourth-order valence-electron chi connectivity index (χ4n) is 2.80. The van der Waals surface area contributed by atoms with Crippen molar-refractivity contribution < 1.29 is 14.4 Å². The lowest BCUT2D eigenvalue weighted by Gasteiger charge is -2.35. The Labute approximate surface area is 173 Å². The molecule has 0 bridgehead atoms. The number of anilines is 1. The van der Waals surface area contributed by atoms with E-state index < -0.39 is 23.6 Å². The van der Waals surface area contributed by atoms with Gasteiger partial charge in [0.1, 0.15) is 11.5 Å². The Hall–Kier alpha value is -2.88. The van der Waals surface area contributed by atoms with Gasteiger partial charge in [0.25, 0.3) is 5.91 Å². The number of hydrogen-bond acceptors (Lipinski definition) is 6. The van der Waals surface area contributed by atoms with E-state index in [0.29, 0.717) is 5.56 Å². The van der Waals surface area contributed by atoms with Crippen molar-refractivity contribution in [2.24, 2.45) is 5.73 Å². The van der Waals surface area contributed by atoms with E-state index in [2.05, 4.69) is 16.0 Å². The normalized spacial score (nSPS) is 21.2. The highest BCUT2D eigenvalue weighted by Gasteiger charge is 2.35. The number of nitrogens with one attached hydrogen (secondary N) is 3. The summed E-state index contributed by atoms with van der Waals surface area (Å²) in [6.45, 7) is 0. The van der Waals surface area contributed by atoms with E-state index in [0.717, 1.165) is 5.69 Å². The van der Waals surface area contributed by atoms with Crippen LogP contribution in [0, 0.1) is 0 Å². The molecule has 3 unspecified atom stereocenters. The number of thioether (sulfide) groups is 1. The zero-order valence-corrected chi connectivity index (χ0v) is 16.7. The van der Waals surface area contributed by atoms with Crippen LogP contribution in [0.3, 0.4) is 0 Å². The molecule has 5 N–H and O–H groups in total. The first kappa shape index (κ1) is 20.8. The Bertz CT molecular complexity index is 865. The lowest BCUT2D eigenvalue weighted by molar-refractivity contribution is -0.125. The summed E-state index contributed by atoms with van der Waals surface area (Å²) >= 11 is 1.23. The van der Waals surface area contributed by atoms with Crippen LogP contribution in [-0.4, -0.2) is 48.2 Å². The minimum atomic E-state index is -0.915. The zero-order valence-electron chi connectivity index (χ0n) is 15.9. The number of rotatable bonds is 6. The lowest BCUT2D eigenvalue weighted by Crippen LogP contribution is -2.70. The summed E-state index contributed by atoms with van der Waals surface area (Å²) < 4.78 is 0. The van der Waals surface area contributed by atoms with Gasteiger partial charge in [0, 0.05) is 18.3 Å². The van der Waals surface area contributed by atoms with E-state index in [1.54, 1.807) is 42.3 Å². The fourth-order valence-corrected chi connectivity index (χ4v) is 3.76. The van der Waals surface area contributed by atoms with Gasteiger partial charge in [-0.3, -0.25) is 19.7 Å².